The highest BCUT2D eigenvalue weighted by molar-refractivity contribution is 5.89. The van der Waals surface area contributed by atoms with Gasteiger partial charge < -0.3 is 18.8 Å². The number of amides is 1. The molecule has 0 saturated carbocycles. The topological polar surface area (TPSA) is 112 Å². The molecule has 9 nitrogen and oxygen atoms in total. The van der Waals surface area contributed by atoms with Crippen LogP contribution >= 0.6 is 0 Å². The number of methoxy groups -OCH3 is 1. The van der Waals surface area contributed by atoms with E-state index in [1.54, 1.807) is 26.3 Å². The van der Waals surface area contributed by atoms with Crippen molar-refractivity contribution < 1.29 is 28.4 Å². The lowest BCUT2D eigenvalue weighted by Crippen LogP contribution is -2.30. The van der Waals surface area contributed by atoms with E-state index in [9.17, 15) is 19.7 Å². The first kappa shape index (κ1) is 21.6. The number of hydrogen-bond donors (Lipinski definition) is 0. The zero-order valence-electron chi connectivity index (χ0n) is 16.9. The number of likely N-dealkylation sites (N-methyl/N-ethyl adjacent to an activating group) is 1. The molecule has 3 rings (SSSR count). The molecule has 0 radical (unpaired) electrons. The number of nitro benzene ring substituents is 1. The number of carbonyl (C=O) groups is 2. The Balaban J connectivity index is 1.55. The van der Waals surface area contributed by atoms with Crippen LogP contribution in [-0.2, 0) is 16.1 Å². The molecule has 0 atom stereocenters. The molecule has 0 spiro atoms. The van der Waals surface area contributed by atoms with Crippen molar-refractivity contribution in [3.63, 3.8) is 0 Å². The van der Waals surface area contributed by atoms with Crippen molar-refractivity contribution in [1.29, 1.82) is 0 Å². The maximum atomic E-state index is 12.3. The third-order valence-electron chi connectivity index (χ3n) is 4.48. The van der Waals surface area contributed by atoms with E-state index >= 15 is 0 Å². The van der Waals surface area contributed by atoms with Crippen LogP contribution in [0.5, 0.6) is 5.75 Å². The Morgan fingerprint density at radius 1 is 1.10 bits per heavy atom. The highest BCUT2D eigenvalue weighted by Crippen LogP contribution is 2.25. The van der Waals surface area contributed by atoms with E-state index in [2.05, 4.69) is 0 Å². The van der Waals surface area contributed by atoms with E-state index in [0.717, 1.165) is 5.56 Å². The summed E-state index contributed by atoms with van der Waals surface area (Å²) >= 11 is 0. The van der Waals surface area contributed by atoms with Gasteiger partial charge in [-0.25, -0.2) is 4.79 Å². The van der Waals surface area contributed by atoms with Crippen LogP contribution < -0.4 is 4.74 Å². The number of carbonyl (C=O) groups excluding carboxylic acids is 2. The highest BCUT2D eigenvalue weighted by Gasteiger charge is 2.18. The molecule has 0 bridgehead atoms. The average Bonchev–Trinajstić information content (AvgIpc) is 3.27. The van der Waals surface area contributed by atoms with E-state index in [4.69, 9.17) is 13.9 Å². The fourth-order valence-electron chi connectivity index (χ4n) is 2.79. The second kappa shape index (κ2) is 9.57. The fraction of sp³-hybridized carbons (Fsp3) is 0.182. The number of benzene rings is 2. The second-order valence-electron chi connectivity index (χ2n) is 6.65. The molecule has 0 aliphatic heterocycles. The van der Waals surface area contributed by atoms with Crippen molar-refractivity contribution in [3.05, 3.63) is 82.1 Å². The van der Waals surface area contributed by atoms with Crippen LogP contribution in [-0.4, -0.2) is 42.5 Å². The summed E-state index contributed by atoms with van der Waals surface area (Å²) in [6.45, 7) is -0.106. The number of hydrogen-bond acceptors (Lipinski definition) is 7. The van der Waals surface area contributed by atoms with E-state index < -0.39 is 17.5 Å². The summed E-state index contributed by atoms with van der Waals surface area (Å²) in [6, 6.07) is 16.0. The smallest absolute Gasteiger partial charge is 0.374 e. The Bertz CT molecular complexity index is 1090. The third kappa shape index (κ3) is 5.47. The van der Waals surface area contributed by atoms with Gasteiger partial charge in [-0.15, -0.1) is 0 Å². The molecule has 1 aromatic heterocycles. The van der Waals surface area contributed by atoms with Gasteiger partial charge in [-0.3, -0.25) is 14.9 Å². The minimum absolute atomic E-state index is 0.0495. The predicted molar refractivity (Wildman–Crippen MR) is 111 cm³/mol. The van der Waals surface area contributed by atoms with Crippen LogP contribution in [0.1, 0.15) is 16.1 Å². The maximum Gasteiger partial charge on any atom is 0.374 e. The van der Waals surface area contributed by atoms with Gasteiger partial charge in [0.25, 0.3) is 11.6 Å². The van der Waals surface area contributed by atoms with Crippen LogP contribution in [0.3, 0.4) is 0 Å². The SMILES string of the molecule is COc1cccc(CN(C)C(=O)COC(=O)c2ccc(-c3ccc([N+](=O)[O-])cc3)o2)c1. The first-order chi connectivity index (χ1) is 14.9. The molecule has 0 aliphatic carbocycles. The molecule has 0 unspecified atom stereocenters. The zero-order valence-corrected chi connectivity index (χ0v) is 16.9. The molecule has 3 aromatic rings. The van der Waals surface area contributed by atoms with Gasteiger partial charge in [0.15, 0.2) is 6.61 Å². The Morgan fingerprint density at radius 3 is 2.52 bits per heavy atom. The van der Waals surface area contributed by atoms with Crippen molar-refractivity contribution in [2.75, 3.05) is 20.8 Å². The minimum atomic E-state index is -0.781. The van der Waals surface area contributed by atoms with Crippen molar-refractivity contribution in [2.24, 2.45) is 0 Å². The molecule has 1 amide bonds. The zero-order chi connectivity index (χ0) is 22.4. The Kier molecular flexibility index (Phi) is 6.66. The van der Waals surface area contributed by atoms with E-state index in [-0.39, 0.29) is 17.4 Å². The van der Waals surface area contributed by atoms with Gasteiger partial charge >= 0.3 is 5.97 Å². The predicted octanol–water partition coefficient (Wildman–Crippen LogP) is 3.68. The molecule has 0 saturated heterocycles. The van der Waals surface area contributed by atoms with Crippen LogP contribution in [0, 0.1) is 10.1 Å². The molecule has 0 fully saturated rings. The number of non-ortho nitro benzene ring substituents is 1. The lowest BCUT2D eigenvalue weighted by Gasteiger charge is -2.17. The Hall–Kier alpha value is -4.14. The van der Waals surface area contributed by atoms with Crippen molar-refractivity contribution >= 4 is 17.6 Å². The van der Waals surface area contributed by atoms with Gasteiger partial charge in [0, 0.05) is 31.3 Å². The summed E-state index contributed by atoms with van der Waals surface area (Å²) in [6.07, 6.45) is 0. The van der Waals surface area contributed by atoms with Gasteiger partial charge in [-0.05, 0) is 42.0 Å². The van der Waals surface area contributed by atoms with Crippen LogP contribution in [0.25, 0.3) is 11.3 Å². The molecule has 9 heteroatoms. The van der Waals surface area contributed by atoms with E-state index in [1.807, 2.05) is 18.2 Å². The Labute approximate surface area is 177 Å². The monoisotopic (exact) mass is 424 g/mol. The van der Waals surface area contributed by atoms with Crippen molar-refractivity contribution in [2.45, 2.75) is 6.54 Å². The maximum absolute atomic E-state index is 12.3. The van der Waals surface area contributed by atoms with Gasteiger partial charge in [-0.2, -0.15) is 0 Å². The molecule has 0 aliphatic rings. The summed E-state index contributed by atoms with van der Waals surface area (Å²) in [5.41, 5.74) is 1.39. The molecule has 160 valence electrons. The van der Waals surface area contributed by atoms with Crippen LogP contribution in [0.2, 0.25) is 0 Å². The number of rotatable bonds is 8. The first-order valence-corrected chi connectivity index (χ1v) is 9.26. The Morgan fingerprint density at radius 2 is 1.84 bits per heavy atom. The second-order valence-corrected chi connectivity index (χ2v) is 6.65. The number of esters is 1. The van der Waals surface area contributed by atoms with Gasteiger partial charge in [0.2, 0.25) is 5.76 Å². The number of nitrogens with zero attached hydrogens (tertiary/aromatic N) is 2. The fourth-order valence-corrected chi connectivity index (χ4v) is 2.79. The normalized spacial score (nSPS) is 10.4. The number of nitro groups is 1. The van der Waals surface area contributed by atoms with E-state index in [1.165, 1.54) is 35.2 Å². The molecule has 31 heavy (non-hydrogen) atoms. The molecule has 0 N–H and O–H groups in total. The van der Waals surface area contributed by atoms with Gasteiger partial charge in [0.05, 0.1) is 12.0 Å². The lowest BCUT2D eigenvalue weighted by molar-refractivity contribution is -0.384. The van der Waals surface area contributed by atoms with Crippen molar-refractivity contribution in [3.8, 4) is 17.1 Å². The summed E-state index contributed by atoms with van der Waals surface area (Å²) in [5, 5.41) is 10.7. The third-order valence-corrected chi connectivity index (χ3v) is 4.48. The van der Waals surface area contributed by atoms with E-state index in [0.29, 0.717) is 23.6 Å². The lowest BCUT2D eigenvalue weighted by atomic mass is 10.1. The highest BCUT2D eigenvalue weighted by atomic mass is 16.6. The number of ether oxygens (including phenoxy) is 2. The van der Waals surface area contributed by atoms with Crippen LogP contribution in [0.4, 0.5) is 5.69 Å². The minimum Gasteiger partial charge on any atom is -0.497 e. The summed E-state index contributed by atoms with van der Waals surface area (Å²) in [5.74, 6) is -0.194. The average molecular weight is 424 g/mol. The van der Waals surface area contributed by atoms with Crippen molar-refractivity contribution in [1.82, 2.24) is 4.90 Å². The summed E-state index contributed by atoms with van der Waals surface area (Å²) in [7, 11) is 3.17. The van der Waals surface area contributed by atoms with Gasteiger partial charge in [0.1, 0.15) is 11.5 Å². The standard InChI is InChI=1S/C22H20N2O7/c1-23(13-15-4-3-5-18(12-15)29-2)21(25)14-30-22(26)20-11-10-19(31-20)16-6-8-17(9-7-16)24(27)28/h3-12H,13-14H2,1-2H3. The van der Waals surface area contributed by atoms with Crippen LogP contribution in [0.15, 0.2) is 65.1 Å². The molecular weight excluding hydrogens is 404 g/mol. The molecular formula is C22H20N2O7. The number of furan rings is 1. The summed E-state index contributed by atoms with van der Waals surface area (Å²) < 4.78 is 15.7. The first-order valence-electron chi connectivity index (χ1n) is 9.26. The summed E-state index contributed by atoms with van der Waals surface area (Å²) in [4.78, 5) is 36.2. The quantitative estimate of drug-likeness (QED) is 0.308. The van der Waals surface area contributed by atoms with Gasteiger partial charge in [-0.1, -0.05) is 12.1 Å². The largest absolute Gasteiger partial charge is 0.497 e. The molecule has 2 aromatic carbocycles. The molecule has 1 heterocycles.